The Morgan fingerprint density at radius 1 is 1.33 bits per heavy atom. The van der Waals surface area contributed by atoms with E-state index >= 15 is 0 Å². The second-order valence-corrected chi connectivity index (χ2v) is 5.92. The van der Waals surface area contributed by atoms with Crippen LogP contribution in [0.15, 0.2) is 28.0 Å². The third kappa shape index (κ3) is 1.52. The molecule has 1 aromatic carbocycles. The van der Waals surface area contributed by atoms with Gasteiger partial charge >= 0.3 is 5.97 Å². The van der Waals surface area contributed by atoms with Crippen LogP contribution in [-0.4, -0.2) is 35.8 Å². The maximum atomic E-state index is 12.0. The van der Waals surface area contributed by atoms with Gasteiger partial charge in [0, 0.05) is 11.1 Å². The number of phenols is 1. The lowest BCUT2D eigenvalue weighted by Gasteiger charge is -2.10. The summed E-state index contributed by atoms with van der Waals surface area (Å²) in [6, 6.07) is 3.84. The van der Waals surface area contributed by atoms with Gasteiger partial charge in [0.05, 0.1) is 9.80 Å². The van der Waals surface area contributed by atoms with Crippen LogP contribution in [0.3, 0.4) is 0 Å². The molecular formula is C11H10O6S. The standard InChI is InChI=1S/C11H10O6S/c1-5-8(10(13)11(14)15)9-6(12)3-2-4-7(9)18(5,16)17/h2-4,10,12-13H,1H3,(H,14,15). The number of benzene rings is 1. The summed E-state index contributed by atoms with van der Waals surface area (Å²) in [4.78, 5) is 10.4. The summed E-state index contributed by atoms with van der Waals surface area (Å²) in [6.45, 7) is 1.20. The van der Waals surface area contributed by atoms with Gasteiger partial charge in [-0.2, -0.15) is 0 Å². The van der Waals surface area contributed by atoms with Crippen LogP contribution >= 0.6 is 0 Å². The van der Waals surface area contributed by atoms with Crippen molar-refractivity contribution in [2.45, 2.75) is 17.9 Å². The van der Waals surface area contributed by atoms with Crippen molar-refractivity contribution in [1.29, 1.82) is 0 Å². The molecule has 0 aromatic heterocycles. The Hall–Kier alpha value is -1.86. The Labute approximate surface area is 103 Å². The zero-order chi connectivity index (χ0) is 13.7. The van der Waals surface area contributed by atoms with E-state index in [1.165, 1.54) is 25.1 Å². The summed E-state index contributed by atoms with van der Waals surface area (Å²) < 4.78 is 24.0. The van der Waals surface area contributed by atoms with Crippen molar-refractivity contribution >= 4 is 21.4 Å². The molecule has 0 saturated carbocycles. The normalized spacial score (nSPS) is 18.6. The number of carbonyl (C=O) groups is 1. The highest BCUT2D eigenvalue weighted by molar-refractivity contribution is 7.95. The van der Waals surface area contributed by atoms with Crippen LogP contribution in [0.1, 0.15) is 12.5 Å². The third-order valence-corrected chi connectivity index (χ3v) is 4.80. The topological polar surface area (TPSA) is 112 Å². The van der Waals surface area contributed by atoms with Crippen LogP contribution in [0, 0.1) is 0 Å². The van der Waals surface area contributed by atoms with Gasteiger partial charge in [-0.1, -0.05) is 6.07 Å². The minimum Gasteiger partial charge on any atom is -0.507 e. The van der Waals surface area contributed by atoms with Crippen molar-refractivity contribution in [1.82, 2.24) is 0 Å². The molecule has 1 aliphatic heterocycles. The van der Waals surface area contributed by atoms with Crippen LogP contribution < -0.4 is 0 Å². The number of carboxylic acid groups (broad SMARTS) is 1. The molecule has 1 aromatic rings. The van der Waals surface area contributed by atoms with E-state index in [0.717, 1.165) is 0 Å². The average molecular weight is 270 g/mol. The minimum absolute atomic E-state index is 0.134. The number of aliphatic carboxylic acids is 1. The van der Waals surface area contributed by atoms with Crippen molar-refractivity contribution in [3.05, 3.63) is 28.7 Å². The summed E-state index contributed by atoms with van der Waals surface area (Å²) in [7, 11) is -3.84. The number of hydrogen-bond acceptors (Lipinski definition) is 5. The molecule has 1 heterocycles. The number of sulfone groups is 1. The second-order valence-electron chi connectivity index (χ2n) is 3.86. The Morgan fingerprint density at radius 3 is 2.50 bits per heavy atom. The predicted octanol–water partition coefficient (Wildman–Crippen LogP) is 0.356. The zero-order valence-electron chi connectivity index (χ0n) is 9.28. The van der Waals surface area contributed by atoms with Crippen LogP contribution in [0.25, 0.3) is 5.57 Å². The van der Waals surface area contributed by atoms with E-state index in [9.17, 15) is 23.4 Å². The Bertz CT molecular complexity index is 671. The smallest absolute Gasteiger partial charge is 0.337 e. The van der Waals surface area contributed by atoms with E-state index in [1.807, 2.05) is 0 Å². The summed E-state index contributed by atoms with van der Waals surface area (Å²) in [5.41, 5.74) is -0.416. The van der Waals surface area contributed by atoms with Gasteiger partial charge in [-0.3, -0.25) is 0 Å². The Kier molecular flexibility index (Phi) is 2.67. The highest BCUT2D eigenvalue weighted by atomic mass is 32.2. The maximum absolute atomic E-state index is 12.0. The molecule has 3 N–H and O–H groups in total. The van der Waals surface area contributed by atoms with Crippen molar-refractivity contribution in [2.24, 2.45) is 0 Å². The lowest BCUT2D eigenvalue weighted by Crippen LogP contribution is -2.21. The molecular weight excluding hydrogens is 260 g/mol. The summed E-state index contributed by atoms with van der Waals surface area (Å²) in [5.74, 6) is -1.95. The second kappa shape index (κ2) is 3.82. The fourth-order valence-electron chi connectivity index (χ4n) is 1.95. The lowest BCUT2D eigenvalue weighted by molar-refractivity contribution is -0.143. The number of allylic oxidation sites excluding steroid dienone is 1. The van der Waals surface area contributed by atoms with Crippen molar-refractivity contribution in [3.63, 3.8) is 0 Å². The van der Waals surface area contributed by atoms with E-state index in [1.54, 1.807) is 0 Å². The number of phenolic OH excluding ortho intramolecular Hbond substituents is 1. The first-order valence-corrected chi connectivity index (χ1v) is 6.46. The quantitative estimate of drug-likeness (QED) is 0.715. The van der Waals surface area contributed by atoms with Crippen LogP contribution in [0.4, 0.5) is 0 Å². The molecule has 18 heavy (non-hydrogen) atoms. The number of fused-ring (bicyclic) bond motifs is 1. The number of aliphatic hydroxyl groups excluding tert-OH is 1. The fourth-order valence-corrected chi connectivity index (χ4v) is 3.53. The number of hydrogen-bond donors (Lipinski definition) is 3. The number of rotatable bonds is 2. The first-order chi connectivity index (χ1) is 8.28. The van der Waals surface area contributed by atoms with Crippen LogP contribution in [0.5, 0.6) is 5.75 Å². The van der Waals surface area contributed by atoms with E-state index in [0.29, 0.717) is 0 Å². The zero-order valence-corrected chi connectivity index (χ0v) is 10.1. The van der Waals surface area contributed by atoms with Gasteiger partial charge in [0.1, 0.15) is 5.75 Å². The molecule has 6 nitrogen and oxygen atoms in total. The summed E-state index contributed by atoms with van der Waals surface area (Å²) >= 11 is 0. The fraction of sp³-hybridized carbons (Fsp3) is 0.182. The van der Waals surface area contributed by atoms with Gasteiger partial charge < -0.3 is 15.3 Å². The van der Waals surface area contributed by atoms with E-state index in [-0.39, 0.29) is 26.7 Å². The monoisotopic (exact) mass is 270 g/mol. The lowest BCUT2D eigenvalue weighted by atomic mass is 9.99. The molecule has 0 fully saturated rings. The molecule has 96 valence electrons. The average Bonchev–Trinajstić information content (AvgIpc) is 2.49. The SMILES string of the molecule is CC1=C(C(O)C(=O)O)c2c(O)cccc2S1(=O)=O. The third-order valence-electron chi connectivity index (χ3n) is 2.85. The first-order valence-electron chi connectivity index (χ1n) is 4.97. The summed E-state index contributed by atoms with van der Waals surface area (Å²) in [6.07, 6.45) is -1.99. The van der Waals surface area contributed by atoms with Gasteiger partial charge in [-0.25, -0.2) is 13.2 Å². The summed E-state index contributed by atoms with van der Waals surface area (Å²) in [5, 5.41) is 28.0. The molecule has 1 aliphatic rings. The van der Waals surface area contributed by atoms with E-state index < -0.39 is 21.9 Å². The highest BCUT2D eigenvalue weighted by Gasteiger charge is 2.39. The van der Waals surface area contributed by atoms with Gasteiger partial charge in [0.25, 0.3) is 0 Å². The van der Waals surface area contributed by atoms with Crippen molar-refractivity contribution < 1.29 is 28.5 Å². The molecule has 0 aliphatic carbocycles. The number of carboxylic acids is 1. The molecule has 2 rings (SSSR count). The van der Waals surface area contributed by atoms with Gasteiger partial charge in [0.2, 0.25) is 9.84 Å². The van der Waals surface area contributed by atoms with Gasteiger partial charge in [-0.15, -0.1) is 0 Å². The van der Waals surface area contributed by atoms with E-state index in [4.69, 9.17) is 5.11 Å². The number of aliphatic hydroxyl groups is 1. The molecule has 1 unspecified atom stereocenters. The molecule has 0 radical (unpaired) electrons. The predicted molar refractivity (Wildman–Crippen MR) is 61.5 cm³/mol. The Morgan fingerprint density at radius 2 is 1.94 bits per heavy atom. The molecule has 0 saturated heterocycles. The molecule has 7 heteroatoms. The minimum atomic E-state index is -3.84. The first kappa shape index (κ1) is 12.6. The number of aromatic hydroxyl groups is 1. The van der Waals surface area contributed by atoms with Crippen molar-refractivity contribution in [2.75, 3.05) is 0 Å². The highest BCUT2D eigenvalue weighted by Crippen LogP contribution is 2.44. The van der Waals surface area contributed by atoms with Crippen LogP contribution in [0.2, 0.25) is 0 Å². The molecule has 0 bridgehead atoms. The molecule has 0 amide bonds. The molecule has 0 spiro atoms. The van der Waals surface area contributed by atoms with Crippen LogP contribution in [-0.2, 0) is 14.6 Å². The maximum Gasteiger partial charge on any atom is 0.337 e. The Balaban J connectivity index is 2.84. The molecule has 1 atom stereocenters. The van der Waals surface area contributed by atoms with E-state index in [2.05, 4.69) is 0 Å². The van der Waals surface area contributed by atoms with Gasteiger partial charge in [-0.05, 0) is 19.1 Å². The van der Waals surface area contributed by atoms with Crippen molar-refractivity contribution in [3.8, 4) is 5.75 Å². The van der Waals surface area contributed by atoms with Gasteiger partial charge in [0.15, 0.2) is 6.10 Å². The largest absolute Gasteiger partial charge is 0.507 e.